The average Bonchev–Trinajstić information content (AvgIpc) is 2.81. The fourth-order valence-electron chi connectivity index (χ4n) is 1.78. The van der Waals surface area contributed by atoms with Crippen LogP contribution in [0.5, 0.6) is 5.75 Å². The summed E-state index contributed by atoms with van der Waals surface area (Å²) in [7, 11) is 1.74. The number of ether oxygens (including phenoxy) is 1. The summed E-state index contributed by atoms with van der Waals surface area (Å²) in [5.41, 5.74) is 0.112. The minimum atomic E-state index is -0.907. The molecule has 0 amide bonds. The largest absolute Gasteiger partial charge is 0.478 e. The molecular weight excluding hydrogens is 344 g/mol. The number of hydrogen-bond acceptors (Lipinski definition) is 6. The Morgan fingerprint density at radius 1 is 1.57 bits per heavy atom. The van der Waals surface area contributed by atoms with Crippen LogP contribution in [0.25, 0.3) is 0 Å². The maximum atomic E-state index is 11.2. The lowest BCUT2D eigenvalue weighted by atomic mass is 10.1. The molecule has 0 fully saturated rings. The molecule has 0 aliphatic carbocycles. The van der Waals surface area contributed by atoms with Crippen molar-refractivity contribution in [3.8, 4) is 5.75 Å². The number of nitro benzene ring substituents is 1. The number of rotatable bonds is 5. The van der Waals surface area contributed by atoms with Crippen LogP contribution in [0, 0.1) is 10.1 Å². The van der Waals surface area contributed by atoms with Crippen LogP contribution in [0.4, 0.5) is 5.69 Å². The average molecular weight is 357 g/mol. The first-order valence-corrected chi connectivity index (χ1v) is 6.81. The molecule has 1 N–H and O–H groups in total. The highest BCUT2D eigenvalue weighted by molar-refractivity contribution is 9.10. The zero-order valence-electron chi connectivity index (χ0n) is 11.4. The maximum Gasteiger partial charge on any atom is 0.312 e. The lowest BCUT2D eigenvalue weighted by molar-refractivity contribution is -0.386. The van der Waals surface area contributed by atoms with Gasteiger partial charge in [0.25, 0.3) is 0 Å². The molecule has 1 aromatic heterocycles. The van der Waals surface area contributed by atoms with Gasteiger partial charge in [0, 0.05) is 23.2 Å². The van der Waals surface area contributed by atoms with Crippen molar-refractivity contribution in [2.24, 2.45) is 7.05 Å². The molecule has 0 saturated heterocycles. The summed E-state index contributed by atoms with van der Waals surface area (Å²) in [6, 6.07) is 2.92. The monoisotopic (exact) mass is 356 g/mol. The quantitative estimate of drug-likeness (QED) is 0.649. The lowest BCUT2D eigenvalue weighted by Crippen LogP contribution is -2.07. The summed E-state index contributed by atoms with van der Waals surface area (Å²) in [6.07, 6.45) is 0.597. The van der Waals surface area contributed by atoms with Crippen molar-refractivity contribution >= 4 is 21.6 Å². The highest BCUT2D eigenvalue weighted by Crippen LogP contribution is 2.38. The van der Waals surface area contributed by atoms with Crippen molar-refractivity contribution in [2.75, 3.05) is 0 Å². The molecule has 0 spiro atoms. The molecule has 0 unspecified atom stereocenters. The lowest BCUT2D eigenvalue weighted by Gasteiger charge is -2.14. The van der Waals surface area contributed by atoms with Crippen LogP contribution >= 0.6 is 15.9 Å². The first kappa shape index (κ1) is 15.4. The normalized spacial score (nSPS) is 12.2. The van der Waals surface area contributed by atoms with Crippen LogP contribution in [0.3, 0.4) is 0 Å². The summed E-state index contributed by atoms with van der Waals surface area (Å²) in [5.74, 6) is 0.546. The molecule has 0 aliphatic rings. The molecule has 1 atom stereocenters. The summed E-state index contributed by atoms with van der Waals surface area (Å²) < 4.78 is 7.67. The molecule has 2 aromatic rings. The molecule has 1 heterocycles. The maximum absolute atomic E-state index is 11.2. The van der Waals surface area contributed by atoms with Crippen LogP contribution in [0.15, 0.2) is 22.9 Å². The van der Waals surface area contributed by atoms with Gasteiger partial charge in [0.15, 0.2) is 5.82 Å². The Hall–Kier alpha value is -2.00. The van der Waals surface area contributed by atoms with Gasteiger partial charge in [-0.05, 0) is 13.0 Å². The Bertz CT molecular complexity index is 671. The van der Waals surface area contributed by atoms with Crippen LogP contribution in [0.1, 0.15) is 24.4 Å². The summed E-state index contributed by atoms with van der Waals surface area (Å²) >= 11 is 3.19. The van der Waals surface area contributed by atoms with E-state index in [1.54, 1.807) is 17.7 Å². The van der Waals surface area contributed by atoms with Gasteiger partial charge in [-0.25, -0.2) is 0 Å². The fraction of sp³-hybridized carbons (Fsp3) is 0.333. The Labute approximate surface area is 128 Å². The van der Waals surface area contributed by atoms with Gasteiger partial charge in [-0.3, -0.25) is 10.1 Å². The third-order valence-electron chi connectivity index (χ3n) is 2.86. The molecule has 2 rings (SSSR count). The highest BCUT2D eigenvalue weighted by Gasteiger charge is 2.23. The number of halogens is 1. The number of aryl methyl sites for hydroxylation is 1. The topological polar surface area (TPSA) is 103 Å². The molecule has 0 saturated carbocycles. The number of nitro groups is 1. The number of benzene rings is 1. The van der Waals surface area contributed by atoms with Crippen molar-refractivity contribution in [2.45, 2.75) is 19.6 Å². The third-order valence-corrected chi connectivity index (χ3v) is 3.32. The van der Waals surface area contributed by atoms with E-state index in [-0.39, 0.29) is 18.0 Å². The SMILES string of the molecule is C[C@@H](O)c1cc(Br)cc([N+](=O)[O-])c1OCc1nncn1C. The third kappa shape index (κ3) is 3.37. The van der Waals surface area contributed by atoms with Gasteiger partial charge in [0.05, 0.1) is 11.0 Å². The highest BCUT2D eigenvalue weighted by atomic mass is 79.9. The smallest absolute Gasteiger partial charge is 0.312 e. The van der Waals surface area contributed by atoms with E-state index in [1.807, 2.05) is 0 Å². The molecular formula is C12H13BrN4O4. The van der Waals surface area contributed by atoms with Gasteiger partial charge in [-0.15, -0.1) is 10.2 Å². The molecule has 1 aromatic carbocycles. The van der Waals surface area contributed by atoms with E-state index in [1.165, 1.54) is 19.3 Å². The number of nitrogens with zero attached hydrogens (tertiary/aromatic N) is 4. The minimum Gasteiger partial charge on any atom is -0.478 e. The predicted octanol–water partition coefficient (Wildman–Crippen LogP) is 2.12. The first-order chi connectivity index (χ1) is 9.90. The van der Waals surface area contributed by atoms with Gasteiger partial charge >= 0.3 is 5.69 Å². The van der Waals surface area contributed by atoms with Crippen LogP contribution in [0.2, 0.25) is 0 Å². The Morgan fingerprint density at radius 3 is 2.81 bits per heavy atom. The van der Waals surface area contributed by atoms with Crippen molar-refractivity contribution in [1.82, 2.24) is 14.8 Å². The standard InChI is InChI=1S/C12H13BrN4O4/c1-7(18)9-3-8(13)4-10(17(19)20)12(9)21-5-11-15-14-6-16(11)2/h3-4,6-7,18H,5H2,1-2H3/t7-/m1/s1. The summed E-state index contributed by atoms with van der Waals surface area (Å²) in [4.78, 5) is 10.6. The van der Waals surface area contributed by atoms with Gasteiger partial charge in [0.2, 0.25) is 5.75 Å². The molecule has 9 heteroatoms. The van der Waals surface area contributed by atoms with Crippen molar-refractivity contribution in [1.29, 1.82) is 0 Å². The van der Waals surface area contributed by atoms with E-state index in [0.29, 0.717) is 15.9 Å². The number of aromatic nitrogens is 3. The zero-order valence-corrected chi connectivity index (χ0v) is 12.9. The van der Waals surface area contributed by atoms with Crippen LogP contribution in [-0.4, -0.2) is 24.8 Å². The van der Waals surface area contributed by atoms with Gasteiger partial charge in [-0.2, -0.15) is 0 Å². The second kappa shape index (κ2) is 6.19. The van der Waals surface area contributed by atoms with E-state index < -0.39 is 11.0 Å². The van der Waals surface area contributed by atoms with Gasteiger partial charge in [-0.1, -0.05) is 15.9 Å². The fourth-order valence-corrected chi connectivity index (χ4v) is 2.24. The number of aliphatic hydroxyl groups excluding tert-OH is 1. The van der Waals surface area contributed by atoms with Gasteiger partial charge in [0.1, 0.15) is 12.9 Å². The van der Waals surface area contributed by atoms with Gasteiger partial charge < -0.3 is 14.4 Å². The van der Waals surface area contributed by atoms with E-state index in [2.05, 4.69) is 26.1 Å². The minimum absolute atomic E-state index is 0.0126. The molecule has 8 nitrogen and oxygen atoms in total. The predicted molar refractivity (Wildman–Crippen MR) is 76.8 cm³/mol. The summed E-state index contributed by atoms with van der Waals surface area (Å²) in [5, 5.41) is 28.5. The van der Waals surface area contributed by atoms with Crippen molar-refractivity contribution < 1.29 is 14.8 Å². The van der Waals surface area contributed by atoms with Crippen molar-refractivity contribution in [3.63, 3.8) is 0 Å². The molecule has 112 valence electrons. The second-order valence-electron chi connectivity index (χ2n) is 4.42. The van der Waals surface area contributed by atoms with Crippen LogP contribution in [-0.2, 0) is 13.7 Å². The zero-order chi connectivity index (χ0) is 15.6. The number of hydrogen-bond donors (Lipinski definition) is 1. The Balaban J connectivity index is 2.40. The van der Waals surface area contributed by atoms with Crippen LogP contribution < -0.4 is 4.74 Å². The van der Waals surface area contributed by atoms with E-state index in [4.69, 9.17) is 4.74 Å². The van der Waals surface area contributed by atoms with E-state index in [9.17, 15) is 15.2 Å². The first-order valence-electron chi connectivity index (χ1n) is 6.01. The number of aliphatic hydroxyl groups is 1. The van der Waals surface area contributed by atoms with E-state index >= 15 is 0 Å². The Morgan fingerprint density at radius 2 is 2.29 bits per heavy atom. The van der Waals surface area contributed by atoms with E-state index in [0.717, 1.165) is 0 Å². The Kier molecular flexibility index (Phi) is 4.53. The van der Waals surface area contributed by atoms with Crippen molar-refractivity contribution in [3.05, 3.63) is 44.4 Å². The molecule has 0 aliphatic heterocycles. The second-order valence-corrected chi connectivity index (χ2v) is 5.34. The molecule has 0 bridgehead atoms. The summed E-state index contributed by atoms with van der Waals surface area (Å²) in [6.45, 7) is 1.53. The molecule has 0 radical (unpaired) electrons. The molecule has 21 heavy (non-hydrogen) atoms.